The van der Waals surface area contributed by atoms with Gasteiger partial charge in [-0.15, -0.1) is 0 Å². The lowest BCUT2D eigenvalue weighted by atomic mass is 10.1. The molecule has 1 aromatic heterocycles. The summed E-state index contributed by atoms with van der Waals surface area (Å²) in [4.78, 5) is 17.4. The minimum Gasteiger partial charge on any atom is -0.490 e. The highest BCUT2D eigenvalue weighted by Gasteiger charge is 2.21. The number of ether oxygens (including phenoxy) is 1. The van der Waals surface area contributed by atoms with Gasteiger partial charge < -0.3 is 9.64 Å². The van der Waals surface area contributed by atoms with Crippen LogP contribution in [0.5, 0.6) is 5.75 Å². The monoisotopic (exact) mass is 296 g/mol. The molecule has 1 aliphatic heterocycles. The number of benzene rings is 1. The maximum absolute atomic E-state index is 11.3. The number of likely N-dealkylation sites (tertiary alicyclic amines) is 1. The Morgan fingerprint density at radius 1 is 1.18 bits per heavy atom. The average Bonchev–Trinajstić information content (AvgIpc) is 2.56. The Kier molecular flexibility index (Phi) is 4.37. The van der Waals surface area contributed by atoms with Crippen molar-refractivity contribution in [1.29, 1.82) is 0 Å². The molecule has 0 bridgehead atoms. The van der Waals surface area contributed by atoms with Crippen LogP contribution in [0.2, 0.25) is 0 Å². The van der Waals surface area contributed by atoms with Crippen LogP contribution in [0.15, 0.2) is 48.8 Å². The van der Waals surface area contributed by atoms with Gasteiger partial charge in [0, 0.05) is 50.8 Å². The van der Waals surface area contributed by atoms with Crippen LogP contribution in [-0.4, -0.2) is 35.0 Å². The van der Waals surface area contributed by atoms with Crippen molar-refractivity contribution >= 4 is 5.91 Å². The van der Waals surface area contributed by atoms with E-state index in [4.69, 9.17) is 4.74 Å². The van der Waals surface area contributed by atoms with Gasteiger partial charge in [-0.2, -0.15) is 0 Å². The second-order valence-electron chi connectivity index (χ2n) is 5.59. The fraction of sp³-hybridized carbons (Fsp3) is 0.333. The Balaban J connectivity index is 1.66. The summed E-state index contributed by atoms with van der Waals surface area (Å²) >= 11 is 0. The van der Waals surface area contributed by atoms with E-state index in [0.29, 0.717) is 0 Å². The van der Waals surface area contributed by atoms with Crippen molar-refractivity contribution in [2.45, 2.75) is 25.9 Å². The van der Waals surface area contributed by atoms with Crippen molar-refractivity contribution < 1.29 is 9.53 Å². The van der Waals surface area contributed by atoms with Crippen LogP contribution in [0, 0.1) is 0 Å². The highest BCUT2D eigenvalue weighted by atomic mass is 16.5. The van der Waals surface area contributed by atoms with E-state index in [1.54, 1.807) is 13.1 Å². The van der Waals surface area contributed by atoms with E-state index in [9.17, 15) is 4.79 Å². The van der Waals surface area contributed by atoms with Crippen molar-refractivity contribution in [1.82, 2.24) is 9.88 Å². The highest BCUT2D eigenvalue weighted by Crippen LogP contribution is 2.25. The molecule has 0 spiro atoms. The first kappa shape index (κ1) is 14.6. The summed E-state index contributed by atoms with van der Waals surface area (Å²) < 4.78 is 6.09. The van der Waals surface area contributed by atoms with Crippen molar-refractivity contribution in [3.63, 3.8) is 0 Å². The van der Waals surface area contributed by atoms with Crippen molar-refractivity contribution in [2.75, 3.05) is 13.1 Å². The van der Waals surface area contributed by atoms with Crippen LogP contribution in [-0.2, 0) is 4.79 Å². The van der Waals surface area contributed by atoms with Gasteiger partial charge in [-0.05, 0) is 23.8 Å². The van der Waals surface area contributed by atoms with E-state index in [0.717, 1.165) is 42.8 Å². The Bertz CT molecular complexity index is 635. The summed E-state index contributed by atoms with van der Waals surface area (Å²) in [7, 11) is 0. The Morgan fingerprint density at radius 2 is 1.95 bits per heavy atom. The summed E-state index contributed by atoms with van der Waals surface area (Å²) in [5, 5.41) is 0. The van der Waals surface area contributed by atoms with Gasteiger partial charge in [0.1, 0.15) is 11.9 Å². The SMILES string of the molecule is CC(=O)N1CCC(Oc2cccc(-c3cccnc3)c2)CC1. The van der Waals surface area contributed by atoms with E-state index < -0.39 is 0 Å². The number of hydrogen-bond acceptors (Lipinski definition) is 3. The third-order valence-corrected chi connectivity index (χ3v) is 4.02. The quantitative estimate of drug-likeness (QED) is 0.874. The number of piperidine rings is 1. The van der Waals surface area contributed by atoms with E-state index >= 15 is 0 Å². The molecule has 0 saturated carbocycles. The Hall–Kier alpha value is -2.36. The number of carbonyl (C=O) groups is 1. The summed E-state index contributed by atoms with van der Waals surface area (Å²) in [5.41, 5.74) is 2.19. The molecule has 1 fully saturated rings. The summed E-state index contributed by atoms with van der Waals surface area (Å²) in [6.07, 6.45) is 5.57. The lowest BCUT2D eigenvalue weighted by Gasteiger charge is -2.31. The highest BCUT2D eigenvalue weighted by molar-refractivity contribution is 5.73. The van der Waals surface area contributed by atoms with E-state index in [-0.39, 0.29) is 12.0 Å². The fourth-order valence-electron chi connectivity index (χ4n) is 2.76. The van der Waals surface area contributed by atoms with Gasteiger partial charge in [-0.3, -0.25) is 9.78 Å². The van der Waals surface area contributed by atoms with Crippen molar-refractivity contribution in [3.8, 4) is 16.9 Å². The molecule has 0 N–H and O–H groups in total. The lowest BCUT2D eigenvalue weighted by Crippen LogP contribution is -2.40. The van der Waals surface area contributed by atoms with Gasteiger partial charge in [0.05, 0.1) is 0 Å². The van der Waals surface area contributed by atoms with Crippen LogP contribution in [0.25, 0.3) is 11.1 Å². The van der Waals surface area contributed by atoms with Crippen LogP contribution in [0.4, 0.5) is 0 Å². The predicted octanol–water partition coefficient (Wildman–Crippen LogP) is 3.14. The first-order chi connectivity index (χ1) is 10.7. The number of pyridine rings is 1. The van der Waals surface area contributed by atoms with Crippen LogP contribution in [0.1, 0.15) is 19.8 Å². The fourth-order valence-corrected chi connectivity index (χ4v) is 2.76. The molecule has 0 atom stereocenters. The molecule has 1 amide bonds. The maximum Gasteiger partial charge on any atom is 0.219 e. The standard InChI is InChI=1S/C18H20N2O2/c1-14(21)20-10-7-17(8-11-20)22-18-6-2-4-15(12-18)16-5-3-9-19-13-16/h2-6,9,12-13,17H,7-8,10-11H2,1H3. The lowest BCUT2D eigenvalue weighted by molar-refractivity contribution is -0.130. The minimum atomic E-state index is 0.150. The van der Waals surface area contributed by atoms with Gasteiger partial charge in [0.15, 0.2) is 0 Å². The van der Waals surface area contributed by atoms with Gasteiger partial charge in [0.25, 0.3) is 0 Å². The third-order valence-electron chi connectivity index (χ3n) is 4.02. The van der Waals surface area contributed by atoms with Gasteiger partial charge in [0.2, 0.25) is 5.91 Å². The number of rotatable bonds is 3. The molecule has 1 aliphatic rings. The summed E-state index contributed by atoms with van der Waals surface area (Å²) in [5.74, 6) is 1.03. The Labute approximate surface area is 130 Å². The number of aromatic nitrogens is 1. The molecule has 2 aromatic rings. The maximum atomic E-state index is 11.3. The molecule has 4 nitrogen and oxygen atoms in total. The van der Waals surface area contributed by atoms with Gasteiger partial charge in [-0.1, -0.05) is 18.2 Å². The van der Waals surface area contributed by atoms with Crippen LogP contribution >= 0.6 is 0 Å². The normalized spacial score (nSPS) is 15.6. The second-order valence-corrected chi connectivity index (χ2v) is 5.59. The average molecular weight is 296 g/mol. The largest absolute Gasteiger partial charge is 0.490 e. The zero-order chi connectivity index (χ0) is 15.4. The second kappa shape index (κ2) is 6.60. The molecular formula is C18H20N2O2. The first-order valence-corrected chi connectivity index (χ1v) is 7.65. The van der Waals surface area contributed by atoms with Crippen LogP contribution in [0.3, 0.4) is 0 Å². The molecule has 0 aliphatic carbocycles. The minimum absolute atomic E-state index is 0.150. The molecule has 0 unspecified atom stereocenters. The summed E-state index contributed by atoms with van der Waals surface area (Å²) in [6, 6.07) is 12.1. The topological polar surface area (TPSA) is 42.4 Å². The molecule has 22 heavy (non-hydrogen) atoms. The first-order valence-electron chi connectivity index (χ1n) is 7.65. The number of hydrogen-bond donors (Lipinski definition) is 0. The predicted molar refractivity (Wildman–Crippen MR) is 85.6 cm³/mol. The zero-order valence-corrected chi connectivity index (χ0v) is 12.7. The van der Waals surface area contributed by atoms with E-state index in [1.165, 1.54) is 0 Å². The zero-order valence-electron chi connectivity index (χ0n) is 12.7. The smallest absolute Gasteiger partial charge is 0.219 e. The molecule has 1 aromatic carbocycles. The number of amides is 1. The van der Waals surface area contributed by atoms with Crippen molar-refractivity contribution in [2.24, 2.45) is 0 Å². The van der Waals surface area contributed by atoms with Crippen LogP contribution < -0.4 is 4.74 Å². The van der Waals surface area contributed by atoms with Crippen molar-refractivity contribution in [3.05, 3.63) is 48.8 Å². The molecule has 2 heterocycles. The molecule has 4 heteroatoms. The van der Waals surface area contributed by atoms with Gasteiger partial charge >= 0.3 is 0 Å². The molecule has 114 valence electrons. The van der Waals surface area contributed by atoms with E-state index in [1.807, 2.05) is 41.4 Å². The molecule has 1 saturated heterocycles. The van der Waals surface area contributed by atoms with E-state index in [2.05, 4.69) is 11.1 Å². The molecule has 3 rings (SSSR count). The van der Waals surface area contributed by atoms with Gasteiger partial charge in [-0.25, -0.2) is 0 Å². The third kappa shape index (κ3) is 3.45. The Morgan fingerprint density at radius 3 is 2.64 bits per heavy atom. The number of nitrogens with zero attached hydrogens (tertiary/aromatic N) is 2. The number of carbonyl (C=O) groups excluding carboxylic acids is 1. The molecular weight excluding hydrogens is 276 g/mol. The molecule has 0 radical (unpaired) electrons. The summed E-state index contributed by atoms with van der Waals surface area (Å²) in [6.45, 7) is 3.18.